The molecule has 2 saturated heterocycles. The predicted octanol–water partition coefficient (Wildman–Crippen LogP) is 1.82. The number of ether oxygens (including phenoxy) is 2. The highest BCUT2D eigenvalue weighted by atomic mass is 19.4. The van der Waals surface area contributed by atoms with Crippen LogP contribution in [-0.4, -0.2) is 67.8 Å². The van der Waals surface area contributed by atoms with Crippen molar-refractivity contribution in [3.63, 3.8) is 0 Å². The fourth-order valence-corrected chi connectivity index (χ4v) is 2.95. The fraction of sp³-hybridized carbons (Fsp3) is 1.00. The minimum Gasteiger partial charge on any atom is -0.389 e. The van der Waals surface area contributed by atoms with Gasteiger partial charge in [-0.15, -0.1) is 0 Å². The van der Waals surface area contributed by atoms with E-state index in [1.54, 1.807) is 4.90 Å². The molecule has 4 nitrogen and oxygen atoms in total. The van der Waals surface area contributed by atoms with E-state index in [4.69, 9.17) is 9.47 Å². The van der Waals surface area contributed by atoms with Gasteiger partial charge in [-0.3, -0.25) is 0 Å². The SMILES string of the molecule is O[C@H](COC[C@@H]1CCCO1)CN1CCC[C@H](C(F)(F)F)C1. The monoisotopic (exact) mass is 311 g/mol. The number of rotatable bonds is 6. The molecule has 0 amide bonds. The number of halogens is 3. The molecule has 0 unspecified atom stereocenters. The second-order valence-electron chi connectivity index (χ2n) is 5.97. The van der Waals surface area contributed by atoms with Crippen LogP contribution in [0.1, 0.15) is 25.7 Å². The van der Waals surface area contributed by atoms with Gasteiger partial charge in [0.25, 0.3) is 0 Å². The van der Waals surface area contributed by atoms with Crippen LogP contribution in [0.25, 0.3) is 0 Å². The van der Waals surface area contributed by atoms with Gasteiger partial charge < -0.3 is 19.5 Å². The molecule has 0 saturated carbocycles. The van der Waals surface area contributed by atoms with Crippen molar-refractivity contribution in [1.29, 1.82) is 0 Å². The molecule has 0 aromatic heterocycles. The van der Waals surface area contributed by atoms with E-state index in [1.807, 2.05) is 0 Å². The Hall–Kier alpha value is -0.370. The van der Waals surface area contributed by atoms with Gasteiger partial charge in [0.15, 0.2) is 0 Å². The van der Waals surface area contributed by atoms with Crippen LogP contribution in [0.5, 0.6) is 0 Å². The maximum atomic E-state index is 12.7. The normalized spacial score (nSPS) is 29.7. The molecule has 2 rings (SSSR count). The lowest BCUT2D eigenvalue weighted by atomic mass is 9.97. The van der Waals surface area contributed by atoms with Gasteiger partial charge >= 0.3 is 6.18 Å². The summed E-state index contributed by atoms with van der Waals surface area (Å²) in [5.74, 6) is -1.27. The summed E-state index contributed by atoms with van der Waals surface area (Å²) in [5.41, 5.74) is 0. The first-order valence-electron chi connectivity index (χ1n) is 7.61. The highest BCUT2D eigenvalue weighted by Crippen LogP contribution is 2.33. The van der Waals surface area contributed by atoms with Crippen molar-refractivity contribution in [2.45, 2.75) is 44.1 Å². The molecule has 3 atom stereocenters. The highest BCUT2D eigenvalue weighted by molar-refractivity contribution is 4.79. The van der Waals surface area contributed by atoms with E-state index < -0.39 is 18.2 Å². The first-order chi connectivity index (χ1) is 9.95. The van der Waals surface area contributed by atoms with E-state index in [2.05, 4.69) is 0 Å². The number of hydrogen-bond acceptors (Lipinski definition) is 4. The Morgan fingerprint density at radius 3 is 2.76 bits per heavy atom. The molecule has 0 spiro atoms. The van der Waals surface area contributed by atoms with E-state index in [0.717, 1.165) is 19.4 Å². The van der Waals surface area contributed by atoms with Crippen LogP contribution in [0.4, 0.5) is 13.2 Å². The van der Waals surface area contributed by atoms with Crippen molar-refractivity contribution in [3.05, 3.63) is 0 Å². The maximum absolute atomic E-state index is 12.7. The van der Waals surface area contributed by atoms with E-state index in [0.29, 0.717) is 19.6 Å². The lowest BCUT2D eigenvalue weighted by Gasteiger charge is -2.34. The molecule has 2 aliphatic heterocycles. The summed E-state index contributed by atoms with van der Waals surface area (Å²) in [6.45, 7) is 2.16. The number of piperidine rings is 1. The van der Waals surface area contributed by atoms with Crippen molar-refractivity contribution < 1.29 is 27.8 Å². The summed E-state index contributed by atoms with van der Waals surface area (Å²) in [5, 5.41) is 9.88. The van der Waals surface area contributed by atoms with Crippen LogP contribution in [0, 0.1) is 5.92 Å². The van der Waals surface area contributed by atoms with Gasteiger partial charge in [-0.2, -0.15) is 13.2 Å². The van der Waals surface area contributed by atoms with Crippen LogP contribution in [0.15, 0.2) is 0 Å². The van der Waals surface area contributed by atoms with Crippen LogP contribution in [-0.2, 0) is 9.47 Å². The molecule has 0 bridgehead atoms. The zero-order chi connectivity index (χ0) is 15.3. The van der Waals surface area contributed by atoms with E-state index in [1.165, 1.54) is 0 Å². The highest BCUT2D eigenvalue weighted by Gasteiger charge is 2.41. The van der Waals surface area contributed by atoms with Crippen molar-refractivity contribution >= 4 is 0 Å². The van der Waals surface area contributed by atoms with Gasteiger partial charge in [-0.25, -0.2) is 0 Å². The molecule has 0 radical (unpaired) electrons. The van der Waals surface area contributed by atoms with Crippen molar-refractivity contribution in [3.8, 4) is 0 Å². The van der Waals surface area contributed by atoms with E-state index in [-0.39, 0.29) is 32.2 Å². The Morgan fingerprint density at radius 2 is 2.10 bits per heavy atom. The standard InChI is InChI=1S/C14H24F3NO3/c15-14(16,17)11-3-1-5-18(7-11)8-12(19)9-20-10-13-4-2-6-21-13/h11-13,19H,1-10H2/t11-,12-,13-/m0/s1. The van der Waals surface area contributed by atoms with Gasteiger partial charge in [-0.05, 0) is 32.2 Å². The van der Waals surface area contributed by atoms with Gasteiger partial charge in [0, 0.05) is 19.7 Å². The number of alkyl halides is 3. The molecule has 0 aromatic carbocycles. The van der Waals surface area contributed by atoms with E-state index >= 15 is 0 Å². The average molecular weight is 311 g/mol. The third kappa shape index (κ3) is 5.73. The number of β-amino-alcohol motifs (C(OH)–C–C–N with tert-alkyl or cyclic N) is 1. The molecule has 21 heavy (non-hydrogen) atoms. The molecule has 1 N–H and O–H groups in total. The van der Waals surface area contributed by atoms with Crippen LogP contribution in [0.3, 0.4) is 0 Å². The zero-order valence-electron chi connectivity index (χ0n) is 12.1. The summed E-state index contributed by atoms with van der Waals surface area (Å²) in [6.07, 6.45) is -2.09. The molecule has 0 aromatic rings. The van der Waals surface area contributed by atoms with Gasteiger partial charge in [0.2, 0.25) is 0 Å². The van der Waals surface area contributed by atoms with Crippen LogP contribution in [0.2, 0.25) is 0 Å². The van der Waals surface area contributed by atoms with Crippen LogP contribution >= 0.6 is 0 Å². The van der Waals surface area contributed by atoms with Gasteiger partial charge in [0.05, 0.1) is 31.3 Å². The van der Waals surface area contributed by atoms with E-state index in [9.17, 15) is 18.3 Å². The number of hydrogen-bond donors (Lipinski definition) is 1. The molecular formula is C14H24F3NO3. The molecule has 124 valence electrons. The minimum absolute atomic E-state index is 0.0215. The molecule has 2 fully saturated rings. The lowest BCUT2D eigenvalue weighted by Crippen LogP contribution is -2.45. The molecular weight excluding hydrogens is 287 g/mol. The Bertz CT molecular complexity index is 308. The molecule has 0 aliphatic carbocycles. The predicted molar refractivity (Wildman–Crippen MR) is 71.0 cm³/mol. The zero-order valence-corrected chi connectivity index (χ0v) is 12.1. The number of likely N-dealkylation sites (tertiary alicyclic amines) is 1. The fourth-order valence-electron chi connectivity index (χ4n) is 2.95. The average Bonchev–Trinajstić information content (AvgIpc) is 2.91. The lowest BCUT2D eigenvalue weighted by molar-refractivity contribution is -0.187. The first-order valence-corrected chi connectivity index (χ1v) is 7.61. The summed E-state index contributed by atoms with van der Waals surface area (Å²) in [7, 11) is 0. The summed E-state index contributed by atoms with van der Waals surface area (Å²) >= 11 is 0. The van der Waals surface area contributed by atoms with Gasteiger partial charge in [0.1, 0.15) is 0 Å². The Labute approximate surface area is 123 Å². The topological polar surface area (TPSA) is 41.9 Å². The van der Waals surface area contributed by atoms with Crippen LogP contribution < -0.4 is 0 Å². The molecule has 2 heterocycles. The van der Waals surface area contributed by atoms with Crippen molar-refractivity contribution in [1.82, 2.24) is 4.90 Å². The summed E-state index contributed by atoms with van der Waals surface area (Å²) in [4.78, 5) is 1.68. The second kappa shape index (κ2) is 7.76. The minimum atomic E-state index is -4.14. The summed E-state index contributed by atoms with van der Waals surface area (Å²) < 4.78 is 48.9. The first kappa shape index (κ1) is 17.0. The second-order valence-corrected chi connectivity index (χ2v) is 5.97. The largest absolute Gasteiger partial charge is 0.393 e. The Morgan fingerprint density at radius 1 is 1.29 bits per heavy atom. The molecule has 2 aliphatic rings. The molecule has 7 heteroatoms. The Kier molecular flexibility index (Phi) is 6.28. The number of nitrogens with zero attached hydrogens (tertiary/aromatic N) is 1. The van der Waals surface area contributed by atoms with Crippen molar-refractivity contribution in [2.75, 3.05) is 39.5 Å². The summed E-state index contributed by atoms with van der Waals surface area (Å²) in [6, 6.07) is 0. The maximum Gasteiger partial charge on any atom is 0.393 e. The van der Waals surface area contributed by atoms with Crippen molar-refractivity contribution in [2.24, 2.45) is 5.92 Å². The smallest absolute Gasteiger partial charge is 0.389 e. The number of aliphatic hydroxyl groups excluding tert-OH is 1. The Balaban J connectivity index is 1.63. The van der Waals surface area contributed by atoms with Gasteiger partial charge in [-0.1, -0.05) is 0 Å². The third-order valence-electron chi connectivity index (χ3n) is 4.08. The third-order valence-corrected chi connectivity index (χ3v) is 4.08. The quantitative estimate of drug-likeness (QED) is 0.812. The number of aliphatic hydroxyl groups is 1.